The average Bonchev–Trinajstić information content (AvgIpc) is 2.69. The molecule has 1 atom stereocenters. The number of carboxylic acids is 1. The van der Waals surface area contributed by atoms with Crippen LogP contribution in [-0.2, 0) is 16.0 Å². The summed E-state index contributed by atoms with van der Waals surface area (Å²) in [4.78, 5) is 33.6. The number of ether oxygens (including phenoxy) is 2. The minimum absolute atomic E-state index is 0.0108. The molecule has 0 saturated carbocycles. The number of nitro groups is 1. The van der Waals surface area contributed by atoms with Crippen LogP contribution in [-0.4, -0.2) is 42.2 Å². The maximum atomic E-state index is 12.0. The van der Waals surface area contributed by atoms with E-state index >= 15 is 0 Å². The van der Waals surface area contributed by atoms with Gasteiger partial charge in [-0.3, -0.25) is 19.7 Å². The zero-order valence-electron chi connectivity index (χ0n) is 15.2. The molecule has 148 valence electrons. The Morgan fingerprint density at radius 2 is 1.93 bits per heavy atom. The van der Waals surface area contributed by atoms with Crippen molar-refractivity contribution in [2.24, 2.45) is 5.92 Å². The Balaban J connectivity index is 1.87. The molecular formula is C19H20N2O7. The Morgan fingerprint density at radius 1 is 1.21 bits per heavy atom. The highest BCUT2D eigenvalue weighted by Gasteiger charge is 2.19. The quantitative estimate of drug-likeness (QED) is 0.471. The van der Waals surface area contributed by atoms with E-state index in [4.69, 9.17) is 9.47 Å². The van der Waals surface area contributed by atoms with Crippen molar-refractivity contribution in [3.8, 4) is 11.5 Å². The van der Waals surface area contributed by atoms with Gasteiger partial charge in [0, 0.05) is 18.7 Å². The summed E-state index contributed by atoms with van der Waals surface area (Å²) in [6.07, 6.45) is 0.289. The second-order valence-electron chi connectivity index (χ2n) is 5.91. The van der Waals surface area contributed by atoms with Crippen LogP contribution in [0.3, 0.4) is 0 Å². The molecule has 9 heteroatoms. The van der Waals surface area contributed by atoms with E-state index in [0.29, 0.717) is 0 Å². The number of nitrogens with zero attached hydrogens (tertiary/aromatic N) is 1. The third-order valence-corrected chi connectivity index (χ3v) is 3.94. The molecule has 0 saturated heterocycles. The van der Waals surface area contributed by atoms with Gasteiger partial charge in [-0.15, -0.1) is 0 Å². The average molecular weight is 388 g/mol. The van der Waals surface area contributed by atoms with E-state index < -0.39 is 22.7 Å². The molecule has 9 nitrogen and oxygen atoms in total. The van der Waals surface area contributed by atoms with Gasteiger partial charge in [0.2, 0.25) is 5.75 Å². The molecule has 0 aliphatic heterocycles. The molecule has 0 bridgehead atoms. The van der Waals surface area contributed by atoms with Gasteiger partial charge in [-0.1, -0.05) is 30.3 Å². The Kier molecular flexibility index (Phi) is 7.32. The van der Waals surface area contributed by atoms with Crippen molar-refractivity contribution in [3.63, 3.8) is 0 Å². The van der Waals surface area contributed by atoms with Crippen molar-refractivity contribution in [3.05, 3.63) is 64.2 Å². The van der Waals surface area contributed by atoms with Crippen LogP contribution in [0.4, 0.5) is 5.69 Å². The topological polar surface area (TPSA) is 128 Å². The molecule has 28 heavy (non-hydrogen) atoms. The standard InChI is InChI=1S/C19H20N2O7/c1-27-17-10-15(7-8-16(17)21(25)26)28-12-18(22)20-11-14(19(23)24)9-13-5-3-2-4-6-13/h2-8,10,14H,9,11-12H2,1H3,(H,20,22)(H,23,24). The molecule has 0 heterocycles. The summed E-state index contributed by atoms with van der Waals surface area (Å²) in [6, 6.07) is 13.0. The molecule has 1 unspecified atom stereocenters. The fourth-order valence-corrected chi connectivity index (χ4v) is 2.48. The summed E-state index contributed by atoms with van der Waals surface area (Å²) in [5.74, 6) is -2.05. The van der Waals surface area contributed by atoms with Crippen LogP contribution in [0, 0.1) is 16.0 Å². The number of benzene rings is 2. The minimum atomic E-state index is -1.01. The second kappa shape index (κ2) is 9.91. The number of nitro benzene ring substituents is 1. The van der Waals surface area contributed by atoms with Crippen molar-refractivity contribution in [1.29, 1.82) is 0 Å². The molecule has 0 spiro atoms. The number of carbonyl (C=O) groups excluding carboxylic acids is 1. The predicted molar refractivity (Wildman–Crippen MR) is 99.4 cm³/mol. The second-order valence-corrected chi connectivity index (χ2v) is 5.91. The smallest absolute Gasteiger partial charge is 0.311 e. The number of nitrogens with one attached hydrogen (secondary N) is 1. The molecule has 2 rings (SSSR count). The monoisotopic (exact) mass is 388 g/mol. The van der Waals surface area contributed by atoms with Gasteiger partial charge in [-0.05, 0) is 18.1 Å². The van der Waals surface area contributed by atoms with Crippen LogP contribution in [0.2, 0.25) is 0 Å². The molecule has 0 fully saturated rings. The third kappa shape index (κ3) is 5.97. The van der Waals surface area contributed by atoms with Crippen LogP contribution in [0.1, 0.15) is 5.56 Å². The first-order chi connectivity index (χ1) is 13.4. The highest BCUT2D eigenvalue weighted by atomic mass is 16.6. The molecule has 2 aromatic rings. The van der Waals surface area contributed by atoms with Crippen LogP contribution >= 0.6 is 0 Å². The molecule has 0 radical (unpaired) electrons. The van der Waals surface area contributed by atoms with Crippen molar-refractivity contribution in [2.75, 3.05) is 20.3 Å². The van der Waals surface area contributed by atoms with E-state index in [2.05, 4.69) is 5.32 Å². The van der Waals surface area contributed by atoms with E-state index in [1.165, 1.54) is 25.3 Å². The molecule has 2 aromatic carbocycles. The summed E-state index contributed by atoms with van der Waals surface area (Å²) >= 11 is 0. The van der Waals surface area contributed by atoms with E-state index in [1.54, 1.807) is 0 Å². The largest absolute Gasteiger partial charge is 0.490 e. The number of rotatable bonds is 10. The lowest BCUT2D eigenvalue weighted by atomic mass is 9.99. The Labute approximate surface area is 161 Å². The van der Waals surface area contributed by atoms with Gasteiger partial charge in [-0.2, -0.15) is 0 Å². The minimum Gasteiger partial charge on any atom is -0.490 e. The molecule has 0 aliphatic carbocycles. The SMILES string of the molecule is COc1cc(OCC(=O)NCC(Cc2ccccc2)C(=O)O)ccc1[N+](=O)[O-]. The number of methoxy groups -OCH3 is 1. The maximum absolute atomic E-state index is 12.0. The van der Waals surface area contributed by atoms with Crippen molar-refractivity contribution < 1.29 is 29.1 Å². The zero-order chi connectivity index (χ0) is 20.5. The summed E-state index contributed by atoms with van der Waals surface area (Å²) in [6.45, 7) is -0.408. The van der Waals surface area contributed by atoms with Crippen LogP contribution in [0.5, 0.6) is 11.5 Å². The van der Waals surface area contributed by atoms with Crippen molar-refractivity contribution in [2.45, 2.75) is 6.42 Å². The summed E-state index contributed by atoms with van der Waals surface area (Å²) in [5, 5.41) is 22.7. The normalized spacial score (nSPS) is 11.3. The van der Waals surface area contributed by atoms with Gasteiger partial charge in [0.1, 0.15) is 5.75 Å². The molecule has 1 amide bonds. The highest BCUT2D eigenvalue weighted by molar-refractivity contribution is 5.78. The zero-order valence-corrected chi connectivity index (χ0v) is 15.2. The third-order valence-electron chi connectivity index (χ3n) is 3.94. The fraction of sp³-hybridized carbons (Fsp3) is 0.263. The molecule has 0 aliphatic rings. The van der Waals surface area contributed by atoms with Crippen LogP contribution in [0.15, 0.2) is 48.5 Å². The Hall–Kier alpha value is -3.62. The Bertz CT molecular complexity index is 839. The van der Waals surface area contributed by atoms with Crippen LogP contribution < -0.4 is 14.8 Å². The lowest BCUT2D eigenvalue weighted by Gasteiger charge is -2.14. The number of carboxylic acid groups (broad SMARTS) is 1. The van der Waals surface area contributed by atoms with E-state index in [-0.39, 0.29) is 36.8 Å². The van der Waals surface area contributed by atoms with Gasteiger partial charge in [-0.25, -0.2) is 0 Å². The number of hydrogen-bond acceptors (Lipinski definition) is 6. The van der Waals surface area contributed by atoms with E-state index in [9.17, 15) is 24.8 Å². The van der Waals surface area contributed by atoms with Gasteiger partial charge in [0.25, 0.3) is 5.91 Å². The number of amides is 1. The maximum Gasteiger partial charge on any atom is 0.311 e. The molecular weight excluding hydrogens is 368 g/mol. The van der Waals surface area contributed by atoms with Gasteiger partial charge < -0.3 is 19.9 Å². The number of aliphatic carboxylic acids is 1. The van der Waals surface area contributed by atoms with Crippen LogP contribution in [0.25, 0.3) is 0 Å². The van der Waals surface area contributed by atoms with E-state index in [1.807, 2.05) is 30.3 Å². The first kappa shape index (κ1) is 20.7. The lowest BCUT2D eigenvalue weighted by molar-refractivity contribution is -0.385. The van der Waals surface area contributed by atoms with Gasteiger partial charge in [0.05, 0.1) is 18.0 Å². The number of hydrogen-bond donors (Lipinski definition) is 2. The first-order valence-corrected chi connectivity index (χ1v) is 8.39. The predicted octanol–water partition coefficient (Wildman–Crippen LogP) is 2.04. The van der Waals surface area contributed by atoms with Gasteiger partial charge in [0.15, 0.2) is 6.61 Å². The molecule has 2 N–H and O–H groups in total. The van der Waals surface area contributed by atoms with Crippen molar-refractivity contribution >= 4 is 17.6 Å². The lowest BCUT2D eigenvalue weighted by Crippen LogP contribution is -2.36. The highest BCUT2D eigenvalue weighted by Crippen LogP contribution is 2.30. The van der Waals surface area contributed by atoms with Gasteiger partial charge >= 0.3 is 11.7 Å². The summed E-state index contributed by atoms with van der Waals surface area (Å²) in [7, 11) is 1.29. The van der Waals surface area contributed by atoms with Crippen molar-refractivity contribution in [1.82, 2.24) is 5.32 Å². The number of carbonyl (C=O) groups is 2. The fourth-order valence-electron chi connectivity index (χ4n) is 2.48. The first-order valence-electron chi connectivity index (χ1n) is 8.39. The van der Waals surface area contributed by atoms with E-state index in [0.717, 1.165) is 5.56 Å². The summed E-state index contributed by atoms with van der Waals surface area (Å²) < 4.78 is 10.2. The Morgan fingerprint density at radius 3 is 2.54 bits per heavy atom. The molecule has 0 aromatic heterocycles. The summed E-state index contributed by atoms with van der Waals surface area (Å²) in [5.41, 5.74) is 0.642.